The Kier molecular flexibility index (Phi) is 7.39. The molecular weight excluding hydrogens is 460 g/mol. The van der Waals surface area contributed by atoms with Gasteiger partial charge in [0.15, 0.2) is 14.0 Å². The van der Waals surface area contributed by atoms with Crippen molar-refractivity contribution in [2.45, 2.75) is 83.5 Å². The Labute approximate surface area is 208 Å². The minimum atomic E-state index is -1.98. The summed E-state index contributed by atoms with van der Waals surface area (Å²) in [5.74, 6) is -0.322. The van der Waals surface area contributed by atoms with Gasteiger partial charge in [-0.15, -0.1) is 0 Å². The maximum absolute atomic E-state index is 11.8. The third-order valence-corrected chi connectivity index (χ3v) is 11.7. The minimum absolute atomic E-state index is 0.0789. The van der Waals surface area contributed by atoms with Crippen LogP contribution in [0.15, 0.2) is 43.0 Å². The number of imidazole rings is 1. The van der Waals surface area contributed by atoms with Gasteiger partial charge in [0.05, 0.1) is 18.6 Å². The zero-order chi connectivity index (χ0) is 25.2. The van der Waals surface area contributed by atoms with Gasteiger partial charge < -0.3 is 13.9 Å². The van der Waals surface area contributed by atoms with Crippen molar-refractivity contribution < 1.29 is 18.7 Å². The van der Waals surface area contributed by atoms with E-state index in [1.54, 1.807) is 12.7 Å². The average molecular weight is 497 g/mol. The molecule has 1 saturated heterocycles. The van der Waals surface area contributed by atoms with Gasteiger partial charge in [0.1, 0.15) is 30.3 Å². The van der Waals surface area contributed by atoms with E-state index in [-0.39, 0.29) is 29.4 Å². The van der Waals surface area contributed by atoms with Gasteiger partial charge in [0.2, 0.25) is 0 Å². The third kappa shape index (κ3) is 5.79. The van der Waals surface area contributed by atoms with Crippen LogP contribution in [0.3, 0.4) is 0 Å². The summed E-state index contributed by atoms with van der Waals surface area (Å²) in [6.07, 6.45) is 4.39. The van der Waals surface area contributed by atoms with Crippen molar-refractivity contribution in [3.8, 4) is 0 Å². The van der Waals surface area contributed by atoms with Crippen molar-refractivity contribution in [3.63, 3.8) is 0 Å². The maximum Gasteiger partial charge on any atom is 0.302 e. The molecule has 188 valence electrons. The molecular formula is C26H36N4O4Si. The van der Waals surface area contributed by atoms with Crippen molar-refractivity contribution in [2.24, 2.45) is 0 Å². The van der Waals surface area contributed by atoms with Crippen molar-refractivity contribution in [3.05, 3.63) is 54.2 Å². The minimum Gasteiger partial charge on any atom is -0.460 e. The summed E-state index contributed by atoms with van der Waals surface area (Å²) in [7, 11) is -1.98. The number of esters is 1. The molecule has 0 radical (unpaired) electrons. The summed E-state index contributed by atoms with van der Waals surface area (Å²) < 4.78 is 20.3. The van der Waals surface area contributed by atoms with E-state index in [1.165, 1.54) is 12.5 Å². The zero-order valence-electron chi connectivity index (χ0n) is 21.5. The number of rotatable bonds is 8. The van der Waals surface area contributed by atoms with Gasteiger partial charge in [-0.05, 0) is 36.5 Å². The first kappa shape index (κ1) is 25.5. The number of carbonyl (C=O) groups is 1. The number of ether oxygens (including phenoxy) is 2. The van der Waals surface area contributed by atoms with Crippen LogP contribution in [-0.4, -0.2) is 52.6 Å². The number of carbonyl (C=O) groups excluding carboxylic acids is 1. The lowest BCUT2D eigenvalue weighted by molar-refractivity contribution is -0.150. The average Bonchev–Trinajstić information content (AvgIpc) is 3.40. The predicted molar refractivity (Wildman–Crippen MR) is 136 cm³/mol. The molecule has 0 spiro atoms. The molecule has 1 aliphatic rings. The molecule has 9 heteroatoms. The topological polar surface area (TPSA) is 88.4 Å². The number of benzene rings is 1. The second-order valence-corrected chi connectivity index (χ2v) is 15.5. The fourth-order valence-corrected chi connectivity index (χ4v) is 5.08. The molecule has 0 bridgehead atoms. The SMILES string of the molecule is CC(=O)O[C@H]1C[C@H](n2cnc3c(CCc4ccccc4)ncnc32)O[C@@H]1CO[Si](C)(C)C(C)(C)C. The summed E-state index contributed by atoms with van der Waals surface area (Å²) in [5.41, 5.74) is 3.66. The summed E-state index contributed by atoms with van der Waals surface area (Å²) in [6, 6.07) is 10.3. The smallest absolute Gasteiger partial charge is 0.302 e. The highest BCUT2D eigenvalue weighted by atomic mass is 28.4. The summed E-state index contributed by atoms with van der Waals surface area (Å²) >= 11 is 0. The molecule has 0 aliphatic carbocycles. The highest BCUT2D eigenvalue weighted by molar-refractivity contribution is 6.74. The van der Waals surface area contributed by atoms with Gasteiger partial charge in [0, 0.05) is 13.3 Å². The Morgan fingerprint density at radius 3 is 2.57 bits per heavy atom. The van der Waals surface area contributed by atoms with Crippen molar-refractivity contribution in [2.75, 3.05) is 6.61 Å². The van der Waals surface area contributed by atoms with Crippen LogP contribution in [0.5, 0.6) is 0 Å². The Morgan fingerprint density at radius 1 is 1.14 bits per heavy atom. The monoisotopic (exact) mass is 496 g/mol. The van der Waals surface area contributed by atoms with Gasteiger partial charge >= 0.3 is 5.97 Å². The highest BCUT2D eigenvalue weighted by Crippen LogP contribution is 2.38. The number of nitrogens with zero attached hydrogens (tertiary/aromatic N) is 4. The van der Waals surface area contributed by atoms with E-state index in [4.69, 9.17) is 13.9 Å². The van der Waals surface area contributed by atoms with Crippen molar-refractivity contribution in [1.29, 1.82) is 0 Å². The Bertz CT molecular complexity index is 1160. The number of fused-ring (bicyclic) bond motifs is 1. The number of aryl methyl sites for hydroxylation is 2. The maximum atomic E-state index is 11.8. The van der Waals surface area contributed by atoms with Crippen LogP contribution < -0.4 is 0 Å². The normalized spacial score (nSPS) is 20.9. The van der Waals surface area contributed by atoms with Crippen LogP contribution in [-0.2, 0) is 31.5 Å². The molecule has 1 fully saturated rings. The molecule has 3 heterocycles. The van der Waals surface area contributed by atoms with Gasteiger partial charge in [-0.1, -0.05) is 51.1 Å². The first-order valence-electron chi connectivity index (χ1n) is 12.2. The number of hydrogen-bond donors (Lipinski definition) is 0. The van der Waals surface area contributed by atoms with Crippen molar-refractivity contribution in [1.82, 2.24) is 19.5 Å². The molecule has 35 heavy (non-hydrogen) atoms. The lowest BCUT2D eigenvalue weighted by Gasteiger charge is -2.37. The van der Waals surface area contributed by atoms with E-state index in [2.05, 4.69) is 60.9 Å². The molecule has 0 unspecified atom stereocenters. The summed E-state index contributed by atoms with van der Waals surface area (Å²) in [4.78, 5) is 25.4. The standard InChI is InChI=1S/C26H36N4O4Si/c1-18(31)33-21-14-23(34-22(21)15-32-35(5,6)26(2,3)4)30-17-29-24-20(27-16-28-25(24)30)13-12-19-10-8-7-9-11-19/h7-11,16-17,21-23H,12-15H2,1-6H3/t21-,22+,23+/m0/s1. The molecule has 2 aromatic heterocycles. The van der Waals surface area contributed by atoms with E-state index < -0.39 is 8.32 Å². The first-order chi connectivity index (χ1) is 16.5. The highest BCUT2D eigenvalue weighted by Gasteiger charge is 2.43. The number of aromatic nitrogens is 4. The first-order valence-corrected chi connectivity index (χ1v) is 15.1. The second-order valence-electron chi connectivity index (χ2n) is 10.7. The largest absolute Gasteiger partial charge is 0.460 e. The fraction of sp³-hybridized carbons (Fsp3) is 0.538. The van der Waals surface area contributed by atoms with Crippen LogP contribution in [0.2, 0.25) is 18.1 Å². The predicted octanol–water partition coefficient (Wildman–Crippen LogP) is 4.85. The van der Waals surface area contributed by atoms with E-state index in [0.717, 1.165) is 29.7 Å². The molecule has 3 aromatic rings. The van der Waals surface area contributed by atoms with Gasteiger partial charge in [-0.3, -0.25) is 9.36 Å². The summed E-state index contributed by atoms with van der Waals surface area (Å²) in [5, 5.41) is 0.0789. The molecule has 0 amide bonds. The quantitative estimate of drug-likeness (QED) is 0.325. The van der Waals surface area contributed by atoms with E-state index in [0.29, 0.717) is 13.0 Å². The molecule has 4 rings (SSSR count). The molecule has 3 atom stereocenters. The van der Waals surface area contributed by atoms with Gasteiger partial charge in [0.25, 0.3) is 0 Å². The van der Waals surface area contributed by atoms with Crippen LogP contribution in [0.25, 0.3) is 11.2 Å². The van der Waals surface area contributed by atoms with Crippen LogP contribution in [0.1, 0.15) is 51.6 Å². The summed E-state index contributed by atoms with van der Waals surface area (Å²) in [6.45, 7) is 12.8. The lowest BCUT2D eigenvalue weighted by Crippen LogP contribution is -2.44. The fourth-order valence-electron chi connectivity index (χ4n) is 4.07. The molecule has 8 nitrogen and oxygen atoms in total. The van der Waals surface area contributed by atoms with E-state index in [9.17, 15) is 4.79 Å². The van der Waals surface area contributed by atoms with Crippen LogP contribution >= 0.6 is 0 Å². The lowest BCUT2D eigenvalue weighted by atomic mass is 10.1. The third-order valence-electron chi connectivity index (χ3n) is 7.15. The molecule has 1 aromatic carbocycles. The molecule has 0 N–H and O–H groups in total. The zero-order valence-corrected chi connectivity index (χ0v) is 22.5. The van der Waals surface area contributed by atoms with E-state index in [1.807, 2.05) is 22.8 Å². The van der Waals surface area contributed by atoms with Gasteiger partial charge in [-0.2, -0.15) is 0 Å². The van der Waals surface area contributed by atoms with Crippen molar-refractivity contribution >= 4 is 25.5 Å². The second kappa shape index (κ2) is 10.2. The number of hydrogen-bond acceptors (Lipinski definition) is 7. The van der Waals surface area contributed by atoms with Gasteiger partial charge in [-0.25, -0.2) is 15.0 Å². The Morgan fingerprint density at radius 2 is 1.89 bits per heavy atom. The molecule has 0 saturated carbocycles. The van der Waals surface area contributed by atoms with Crippen LogP contribution in [0, 0.1) is 0 Å². The Balaban J connectivity index is 1.52. The van der Waals surface area contributed by atoms with Crippen LogP contribution in [0.4, 0.5) is 0 Å². The molecule has 1 aliphatic heterocycles. The van der Waals surface area contributed by atoms with E-state index >= 15 is 0 Å². The Hall–Kier alpha value is -2.62.